The summed E-state index contributed by atoms with van der Waals surface area (Å²) in [7, 11) is 0. The zero-order valence-electron chi connectivity index (χ0n) is 15.8. The monoisotopic (exact) mass is 385 g/mol. The largest absolute Gasteiger partial charge is 0.310 e. The molecule has 0 aliphatic rings. The first-order valence-corrected chi connectivity index (χ1v) is 9.73. The summed E-state index contributed by atoms with van der Waals surface area (Å²) in [6, 6.07) is 5.76. The van der Waals surface area contributed by atoms with Gasteiger partial charge in [0, 0.05) is 36.6 Å². The average Bonchev–Trinajstić information content (AvgIpc) is 3.29. The summed E-state index contributed by atoms with van der Waals surface area (Å²) in [6.07, 6.45) is 5.14. The lowest BCUT2D eigenvalue weighted by Crippen LogP contribution is -2.25. The number of carbonyl (C=O) groups excluding carboxylic acids is 1. The first kappa shape index (κ1) is 19.1. The maximum atomic E-state index is 12.6. The first-order valence-electron chi connectivity index (χ1n) is 8.85. The Kier molecular flexibility index (Phi) is 5.90. The summed E-state index contributed by atoms with van der Waals surface area (Å²) in [5.74, 6) is 1.36. The van der Waals surface area contributed by atoms with Crippen LogP contribution in [0.1, 0.15) is 33.7 Å². The van der Waals surface area contributed by atoms with Crippen LogP contribution >= 0.6 is 11.8 Å². The highest BCUT2D eigenvalue weighted by atomic mass is 32.2. The minimum atomic E-state index is -0.333. The normalized spacial score (nSPS) is 12.3. The van der Waals surface area contributed by atoms with Gasteiger partial charge in [0.1, 0.15) is 5.82 Å². The van der Waals surface area contributed by atoms with Crippen LogP contribution in [0.4, 0.5) is 5.82 Å². The predicted octanol–water partition coefficient (Wildman–Crippen LogP) is 3.26. The SMILES string of the molecule is CCn1c(SC(C)C(=O)Nc2ccnn2C(C)C)nnc1-c1ccncc1. The van der Waals surface area contributed by atoms with Crippen molar-refractivity contribution >= 4 is 23.5 Å². The fourth-order valence-electron chi connectivity index (χ4n) is 2.64. The molecule has 1 unspecified atom stereocenters. The molecule has 1 N–H and O–H groups in total. The fourth-order valence-corrected chi connectivity index (χ4v) is 3.55. The van der Waals surface area contributed by atoms with Crippen molar-refractivity contribution in [2.45, 2.75) is 50.7 Å². The number of anilines is 1. The van der Waals surface area contributed by atoms with E-state index >= 15 is 0 Å². The van der Waals surface area contributed by atoms with Crippen molar-refractivity contribution < 1.29 is 4.79 Å². The molecule has 8 nitrogen and oxygen atoms in total. The number of nitrogens with zero attached hydrogens (tertiary/aromatic N) is 6. The van der Waals surface area contributed by atoms with Gasteiger partial charge in [0.25, 0.3) is 0 Å². The maximum absolute atomic E-state index is 12.6. The Bertz CT molecular complexity index is 904. The number of carbonyl (C=O) groups is 1. The molecule has 0 spiro atoms. The Labute approximate surface area is 162 Å². The molecule has 0 radical (unpaired) electrons. The molecule has 3 aromatic heterocycles. The lowest BCUT2D eigenvalue weighted by Gasteiger charge is -2.15. The molecule has 9 heteroatoms. The van der Waals surface area contributed by atoms with Crippen LogP contribution in [-0.4, -0.2) is 40.7 Å². The zero-order chi connectivity index (χ0) is 19.4. The van der Waals surface area contributed by atoms with Crippen LogP contribution in [-0.2, 0) is 11.3 Å². The second-order valence-corrected chi connectivity index (χ2v) is 7.60. The van der Waals surface area contributed by atoms with Gasteiger partial charge in [-0.15, -0.1) is 10.2 Å². The highest BCUT2D eigenvalue weighted by molar-refractivity contribution is 8.00. The highest BCUT2D eigenvalue weighted by Crippen LogP contribution is 2.27. The third-order valence-corrected chi connectivity index (χ3v) is 5.11. The maximum Gasteiger partial charge on any atom is 0.238 e. The van der Waals surface area contributed by atoms with Crippen LogP contribution in [0, 0.1) is 0 Å². The van der Waals surface area contributed by atoms with Gasteiger partial charge in [0.15, 0.2) is 11.0 Å². The van der Waals surface area contributed by atoms with Gasteiger partial charge in [0.2, 0.25) is 5.91 Å². The van der Waals surface area contributed by atoms with Gasteiger partial charge >= 0.3 is 0 Å². The first-order chi connectivity index (χ1) is 13.0. The van der Waals surface area contributed by atoms with E-state index in [-0.39, 0.29) is 17.2 Å². The van der Waals surface area contributed by atoms with Crippen molar-refractivity contribution in [3.63, 3.8) is 0 Å². The van der Waals surface area contributed by atoms with Gasteiger partial charge in [-0.3, -0.25) is 9.78 Å². The molecule has 0 saturated carbocycles. The second kappa shape index (κ2) is 8.34. The van der Waals surface area contributed by atoms with Crippen molar-refractivity contribution in [1.29, 1.82) is 0 Å². The standard InChI is InChI=1S/C18H23N7OS/c1-5-24-16(14-6-9-19-10-7-14)22-23-18(24)27-13(4)17(26)21-15-8-11-20-25(15)12(2)3/h6-13H,5H2,1-4H3,(H,21,26). The highest BCUT2D eigenvalue weighted by Gasteiger charge is 2.21. The number of hydrogen-bond acceptors (Lipinski definition) is 6. The molecule has 142 valence electrons. The van der Waals surface area contributed by atoms with Gasteiger partial charge < -0.3 is 9.88 Å². The number of amides is 1. The number of aromatic nitrogens is 6. The summed E-state index contributed by atoms with van der Waals surface area (Å²) in [5, 5.41) is 16.1. The van der Waals surface area contributed by atoms with Crippen LogP contribution in [0.15, 0.2) is 41.9 Å². The van der Waals surface area contributed by atoms with Crippen molar-refractivity contribution in [2.75, 3.05) is 5.32 Å². The summed E-state index contributed by atoms with van der Waals surface area (Å²) >= 11 is 1.39. The van der Waals surface area contributed by atoms with Crippen LogP contribution in [0.3, 0.4) is 0 Å². The molecule has 0 aliphatic carbocycles. The molecule has 0 aliphatic heterocycles. The minimum Gasteiger partial charge on any atom is -0.310 e. The van der Waals surface area contributed by atoms with Crippen LogP contribution in [0.5, 0.6) is 0 Å². The smallest absolute Gasteiger partial charge is 0.238 e. The van der Waals surface area contributed by atoms with Crippen molar-refractivity contribution in [1.82, 2.24) is 29.5 Å². The number of rotatable bonds is 7. The third kappa shape index (κ3) is 4.19. The van der Waals surface area contributed by atoms with E-state index in [9.17, 15) is 4.79 Å². The predicted molar refractivity (Wildman–Crippen MR) is 105 cm³/mol. The van der Waals surface area contributed by atoms with E-state index in [1.165, 1.54) is 11.8 Å². The van der Waals surface area contributed by atoms with Gasteiger partial charge in [-0.05, 0) is 39.8 Å². The molecule has 0 saturated heterocycles. The number of thioether (sulfide) groups is 1. The number of hydrogen-bond donors (Lipinski definition) is 1. The van der Waals surface area contributed by atoms with Crippen molar-refractivity contribution in [2.24, 2.45) is 0 Å². The van der Waals surface area contributed by atoms with Gasteiger partial charge in [0.05, 0.1) is 11.4 Å². The molecule has 3 heterocycles. The topological polar surface area (TPSA) is 90.5 Å². The fraction of sp³-hybridized carbons (Fsp3) is 0.389. The van der Waals surface area contributed by atoms with E-state index in [4.69, 9.17) is 0 Å². The van der Waals surface area contributed by atoms with Gasteiger partial charge in [-0.1, -0.05) is 11.8 Å². The Morgan fingerprint density at radius 2 is 1.89 bits per heavy atom. The average molecular weight is 385 g/mol. The van der Waals surface area contributed by atoms with E-state index in [1.54, 1.807) is 29.3 Å². The lowest BCUT2D eigenvalue weighted by molar-refractivity contribution is -0.115. The molecule has 1 atom stereocenters. The molecule has 27 heavy (non-hydrogen) atoms. The zero-order valence-corrected chi connectivity index (χ0v) is 16.6. The Morgan fingerprint density at radius 3 is 2.56 bits per heavy atom. The molecule has 3 aromatic rings. The lowest BCUT2D eigenvalue weighted by atomic mass is 10.2. The van der Waals surface area contributed by atoms with Gasteiger partial charge in [-0.2, -0.15) is 5.10 Å². The van der Waals surface area contributed by atoms with Crippen LogP contribution in [0.25, 0.3) is 11.4 Å². The molecule has 0 aromatic carbocycles. The second-order valence-electron chi connectivity index (χ2n) is 6.29. The van der Waals surface area contributed by atoms with Gasteiger partial charge in [-0.25, -0.2) is 4.68 Å². The number of nitrogens with one attached hydrogen (secondary N) is 1. The van der Waals surface area contributed by atoms with Crippen molar-refractivity contribution in [3.8, 4) is 11.4 Å². The molecular formula is C18H23N7OS. The Balaban J connectivity index is 1.74. The van der Waals surface area contributed by atoms with E-state index < -0.39 is 0 Å². The summed E-state index contributed by atoms with van der Waals surface area (Å²) < 4.78 is 3.79. The van der Waals surface area contributed by atoms with E-state index in [0.29, 0.717) is 17.5 Å². The summed E-state index contributed by atoms with van der Waals surface area (Å²) in [5.41, 5.74) is 0.948. The third-order valence-electron chi connectivity index (χ3n) is 4.03. The van der Waals surface area contributed by atoms with Crippen LogP contribution < -0.4 is 5.32 Å². The van der Waals surface area contributed by atoms with Crippen LogP contribution in [0.2, 0.25) is 0 Å². The van der Waals surface area contributed by atoms with E-state index in [2.05, 4.69) is 25.6 Å². The van der Waals surface area contributed by atoms with Crippen molar-refractivity contribution in [3.05, 3.63) is 36.8 Å². The van der Waals surface area contributed by atoms with E-state index in [1.807, 2.05) is 44.4 Å². The Hall–Kier alpha value is -2.68. The minimum absolute atomic E-state index is 0.0986. The molecule has 1 amide bonds. The molecule has 0 fully saturated rings. The van der Waals surface area contributed by atoms with E-state index in [0.717, 1.165) is 11.4 Å². The summed E-state index contributed by atoms with van der Waals surface area (Å²) in [6.45, 7) is 8.64. The summed E-state index contributed by atoms with van der Waals surface area (Å²) in [4.78, 5) is 16.7. The quantitative estimate of drug-likeness (QED) is 0.628. The Morgan fingerprint density at radius 1 is 1.15 bits per heavy atom. The molecular weight excluding hydrogens is 362 g/mol. The molecule has 3 rings (SSSR count). The molecule has 0 bridgehead atoms. The number of pyridine rings is 1.